The van der Waals surface area contributed by atoms with Gasteiger partial charge in [0, 0.05) is 18.8 Å². The van der Waals surface area contributed by atoms with Crippen LogP contribution in [0.3, 0.4) is 0 Å². The van der Waals surface area contributed by atoms with Crippen LogP contribution in [0.4, 0.5) is 5.69 Å². The molecule has 9 heteroatoms. The summed E-state index contributed by atoms with van der Waals surface area (Å²) in [5.41, 5.74) is 0.604. The molecule has 1 amide bonds. The Kier molecular flexibility index (Phi) is 7.46. The summed E-state index contributed by atoms with van der Waals surface area (Å²) >= 11 is 0. The smallest absolute Gasteiger partial charge is 0.265 e. The minimum Gasteiger partial charge on any atom is -0.481 e. The summed E-state index contributed by atoms with van der Waals surface area (Å²) < 4.78 is 43.5. The number of benzene rings is 3. The Morgan fingerprint density at radius 3 is 2.12 bits per heavy atom. The number of rotatable bonds is 8. The maximum Gasteiger partial charge on any atom is 0.265 e. The van der Waals surface area contributed by atoms with Gasteiger partial charge in [-0.25, -0.2) is 8.42 Å². The van der Waals surface area contributed by atoms with Crippen LogP contribution in [0.2, 0.25) is 0 Å². The molecule has 1 N–H and O–H groups in total. The lowest BCUT2D eigenvalue weighted by atomic mass is 10.2. The number of anilines is 1. The number of amides is 1. The van der Waals surface area contributed by atoms with E-state index in [2.05, 4.69) is 5.32 Å². The molecule has 1 fully saturated rings. The molecule has 1 saturated heterocycles. The summed E-state index contributed by atoms with van der Waals surface area (Å²) in [4.78, 5) is 12.7. The number of nitrogens with one attached hydrogen (secondary N) is 1. The Balaban J connectivity index is 1.31. The van der Waals surface area contributed by atoms with E-state index < -0.39 is 16.1 Å². The van der Waals surface area contributed by atoms with Crippen LogP contribution in [-0.2, 0) is 19.6 Å². The van der Waals surface area contributed by atoms with Crippen LogP contribution in [0.5, 0.6) is 17.2 Å². The number of carbonyl (C=O) groups is 1. The molecule has 1 heterocycles. The Morgan fingerprint density at radius 2 is 1.47 bits per heavy atom. The average Bonchev–Trinajstić information content (AvgIpc) is 2.87. The van der Waals surface area contributed by atoms with E-state index in [1.54, 1.807) is 43.3 Å². The van der Waals surface area contributed by atoms with Crippen molar-refractivity contribution >= 4 is 21.6 Å². The molecule has 0 bridgehead atoms. The third-order valence-corrected chi connectivity index (χ3v) is 7.13. The second-order valence-corrected chi connectivity index (χ2v) is 9.61. The van der Waals surface area contributed by atoms with E-state index in [1.807, 2.05) is 30.3 Å². The van der Waals surface area contributed by atoms with E-state index in [1.165, 1.54) is 16.4 Å². The normalized spacial score (nSPS) is 15.3. The van der Waals surface area contributed by atoms with Crippen molar-refractivity contribution in [2.24, 2.45) is 0 Å². The molecule has 0 aromatic heterocycles. The van der Waals surface area contributed by atoms with Gasteiger partial charge in [0.1, 0.15) is 17.2 Å². The van der Waals surface area contributed by atoms with Crippen molar-refractivity contribution in [2.45, 2.75) is 17.9 Å². The molecule has 0 aliphatic carbocycles. The van der Waals surface area contributed by atoms with Gasteiger partial charge in [0.05, 0.1) is 18.1 Å². The third-order valence-electron chi connectivity index (χ3n) is 5.21. The lowest BCUT2D eigenvalue weighted by Crippen LogP contribution is -2.40. The van der Waals surface area contributed by atoms with Gasteiger partial charge in [-0.3, -0.25) is 4.79 Å². The summed E-state index contributed by atoms with van der Waals surface area (Å²) in [6.07, 6.45) is -0.790. The van der Waals surface area contributed by atoms with Crippen LogP contribution in [-0.4, -0.2) is 51.0 Å². The summed E-state index contributed by atoms with van der Waals surface area (Å²) in [6, 6.07) is 22.5. The fraction of sp³-hybridized carbons (Fsp3) is 0.240. The first-order valence-electron chi connectivity index (χ1n) is 10.9. The predicted octanol–water partition coefficient (Wildman–Crippen LogP) is 3.91. The molecule has 3 aromatic carbocycles. The van der Waals surface area contributed by atoms with Gasteiger partial charge in [0.15, 0.2) is 6.10 Å². The molecule has 0 saturated carbocycles. The fourth-order valence-corrected chi connectivity index (χ4v) is 4.77. The van der Waals surface area contributed by atoms with Gasteiger partial charge in [0.25, 0.3) is 5.91 Å². The molecule has 34 heavy (non-hydrogen) atoms. The van der Waals surface area contributed by atoms with Crippen LogP contribution in [0, 0.1) is 0 Å². The van der Waals surface area contributed by atoms with Gasteiger partial charge in [-0.15, -0.1) is 0 Å². The monoisotopic (exact) mass is 482 g/mol. The zero-order valence-electron chi connectivity index (χ0n) is 18.7. The Bertz CT molecular complexity index is 1190. The second-order valence-electron chi connectivity index (χ2n) is 7.68. The van der Waals surface area contributed by atoms with Crippen LogP contribution in [0.1, 0.15) is 6.92 Å². The zero-order chi connectivity index (χ0) is 24.0. The highest BCUT2D eigenvalue weighted by Gasteiger charge is 2.26. The number of carbonyl (C=O) groups excluding carboxylic acids is 1. The number of nitrogens with zero attached hydrogens (tertiary/aromatic N) is 1. The topological polar surface area (TPSA) is 94.2 Å². The molecule has 1 aliphatic rings. The van der Waals surface area contributed by atoms with Crippen molar-refractivity contribution < 1.29 is 27.4 Å². The Labute approximate surface area is 199 Å². The number of hydrogen-bond donors (Lipinski definition) is 1. The molecule has 178 valence electrons. The maximum atomic E-state index is 12.7. The number of ether oxygens (including phenoxy) is 3. The van der Waals surface area contributed by atoms with Crippen molar-refractivity contribution in [2.75, 3.05) is 31.6 Å². The van der Waals surface area contributed by atoms with Crippen LogP contribution < -0.4 is 14.8 Å². The SMILES string of the molecule is C[C@H](Oc1ccc(S(=O)(=O)N2CCOCC2)cc1)C(=O)Nc1ccc(Oc2ccccc2)cc1. The molecule has 1 atom stereocenters. The summed E-state index contributed by atoms with van der Waals surface area (Å²) in [5.74, 6) is 1.45. The molecule has 0 spiro atoms. The van der Waals surface area contributed by atoms with E-state index in [0.29, 0.717) is 43.5 Å². The van der Waals surface area contributed by atoms with Gasteiger partial charge in [-0.1, -0.05) is 18.2 Å². The van der Waals surface area contributed by atoms with Crippen molar-refractivity contribution in [3.63, 3.8) is 0 Å². The molecule has 4 rings (SSSR count). The predicted molar refractivity (Wildman–Crippen MR) is 128 cm³/mol. The molecule has 8 nitrogen and oxygen atoms in total. The van der Waals surface area contributed by atoms with Gasteiger partial charge in [0.2, 0.25) is 10.0 Å². The Morgan fingerprint density at radius 1 is 0.882 bits per heavy atom. The molecular weight excluding hydrogens is 456 g/mol. The standard InChI is InChI=1S/C25H26N2O6S/c1-19(25(28)26-20-7-9-23(10-8-20)33-21-5-3-2-4-6-21)32-22-11-13-24(14-12-22)34(29,30)27-15-17-31-18-16-27/h2-14,19H,15-18H2,1H3,(H,26,28)/t19-/m0/s1. The van der Waals surface area contributed by atoms with Crippen LogP contribution >= 0.6 is 0 Å². The number of para-hydroxylation sites is 1. The second kappa shape index (κ2) is 10.7. The molecule has 1 aliphatic heterocycles. The maximum absolute atomic E-state index is 12.7. The minimum atomic E-state index is -3.58. The van der Waals surface area contributed by atoms with Crippen LogP contribution in [0.15, 0.2) is 83.8 Å². The lowest BCUT2D eigenvalue weighted by Gasteiger charge is -2.26. The van der Waals surface area contributed by atoms with Crippen molar-refractivity contribution in [1.29, 1.82) is 0 Å². The Hall–Kier alpha value is -3.40. The van der Waals surface area contributed by atoms with Crippen molar-refractivity contribution in [1.82, 2.24) is 4.31 Å². The average molecular weight is 483 g/mol. The highest BCUT2D eigenvalue weighted by molar-refractivity contribution is 7.89. The van der Waals surface area contributed by atoms with E-state index in [9.17, 15) is 13.2 Å². The number of sulfonamides is 1. The van der Waals surface area contributed by atoms with Gasteiger partial charge < -0.3 is 19.5 Å². The van der Waals surface area contributed by atoms with Crippen LogP contribution in [0.25, 0.3) is 0 Å². The van der Waals surface area contributed by atoms with E-state index >= 15 is 0 Å². The first-order valence-corrected chi connectivity index (χ1v) is 12.3. The summed E-state index contributed by atoms with van der Waals surface area (Å²) in [6.45, 7) is 3.06. The number of morpholine rings is 1. The highest BCUT2D eigenvalue weighted by atomic mass is 32.2. The quantitative estimate of drug-likeness (QED) is 0.523. The first-order chi connectivity index (χ1) is 16.4. The van der Waals surface area contributed by atoms with Crippen molar-refractivity contribution in [3.8, 4) is 17.2 Å². The summed E-state index contributed by atoms with van der Waals surface area (Å²) in [5, 5.41) is 2.80. The van der Waals surface area contributed by atoms with Crippen molar-refractivity contribution in [3.05, 3.63) is 78.9 Å². The first kappa shape index (κ1) is 23.7. The van der Waals surface area contributed by atoms with Gasteiger partial charge in [-0.05, 0) is 67.6 Å². The van der Waals surface area contributed by atoms with E-state index in [4.69, 9.17) is 14.2 Å². The lowest BCUT2D eigenvalue weighted by molar-refractivity contribution is -0.122. The molecule has 3 aromatic rings. The largest absolute Gasteiger partial charge is 0.481 e. The zero-order valence-corrected chi connectivity index (χ0v) is 19.5. The highest BCUT2D eigenvalue weighted by Crippen LogP contribution is 2.24. The third kappa shape index (κ3) is 5.93. The molecule has 0 radical (unpaired) electrons. The van der Waals surface area contributed by atoms with Gasteiger partial charge >= 0.3 is 0 Å². The summed E-state index contributed by atoms with van der Waals surface area (Å²) in [7, 11) is -3.58. The number of hydrogen-bond acceptors (Lipinski definition) is 6. The fourth-order valence-electron chi connectivity index (χ4n) is 3.36. The van der Waals surface area contributed by atoms with E-state index in [0.717, 1.165) is 5.75 Å². The van der Waals surface area contributed by atoms with Gasteiger partial charge in [-0.2, -0.15) is 4.31 Å². The molecule has 0 unspecified atom stereocenters. The molecular formula is C25H26N2O6S. The van der Waals surface area contributed by atoms with E-state index in [-0.39, 0.29) is 10.8 Å². The minimum absolute atomic E-state index is 0.177.